The highest BCUT2D eigenvalue weighted by atomic mass is 19.1. The van der Waals surface area contributed by atoms with Crippen molar-refractivity contribution in [2.75, 3.05) is 7.11 Å². The summed E-state index contributed by atoms with van der Waals surface area (Å²) in [7, 11) is 1.38. The standard InChI is InChI=1S/C25H28FNO2/c1-17-22(14-18-8-10-20(11-9-18)25(28)29-2)23-15-21(26)12-13-24(23)27(17)16-19-6-4-3-5-7-19/h8-13,15,19H,3-7,14,16H2,1-2H3. The highest BCUT2D eigenvalue weighted by molar-refractivity contribution is 5.89. The van der Waals surface area contributed by atoms with Crippen molar-refractivity contribution in [1.29, 1.82) is 0 Å². The van der Waals surface area contributed by atoms with E-state index in [0.717, 1.165) is 23.0 Å². The number of benzene rings is 2. The Morgan fingerprint density at radius 1 is 1.10 bits per heavy atom. The molecule has 0 saturated heterocycles. The number of carbonyl (C=O) groups is 1. The summed E-state index contributed by atoms with van der Waals surface area (Å²) in [5, 5.41) is 0.996. The molecule has 1 heterocycles. The molecule has 2 aromatic carbocycles. The number of rotatable bonds is 5. The Morgan fingerprint density at radius 2 is 1.83 bits per heavy atom. The molecule has 0 N–H and O–H groups in total. The summed E-state index contributed by atoms with van der Waals surface area (Å²) in [6.45, 7) is 3.16. The smallest absolute Gasteiger partial charge is 0.337 e. The fraction of sp³-hybridized carbons (Fsp3) is 0.400. The SMILES string of the molecule is COC(=O)c1ccc(Cc2c(C)n(CC3CCCCC3)c3ccc(F)cc23)cc1. The Bertz CT molecular complexity index is 1010. The van der Waals surface area contributed by atoms with Crippen molar-refractivity contribution in [2.24, 2.45) is 5.92 Å². The van der Waals surface area contributed by atoms with Gasteiger partial charge in [0.15, 0.2) is 0 Å². The topological polar surface area (TPSA) is 31.2 Å². The summed E-state index contributed by atoms with van der Waals surface area (Å²) in [4.78, 5) is 11.7. The molecule has 1 fully saturated rings. The Labute approximate surface area is 171 Å². The largest absolute Gasteiger partial charge is 0.465 e. The Morgan fingerprint density at radius 3 is 2.52 bits per heavy atom. The molecule has 1 aliphatic rings. The van der Waals surface area contributed by atoms with Crippen LogP contribution in [-0.4, -0.2) is 17.6 Å². The average molecular weight is 394 g/mol. The summed E-state index contributed by atoms with van der Waals surface area (Å²) < 4.78 is 21.2. The maximum absolute atomic E-state index is 14.1. The number of methoxy groups -OCH3 is 1. The van der Waals surface area contributed by atoms with Gasteiger partial charge in [-0.25, -0.2) is 9.18 Å². The number of hydrogen-bond acceptors (Lipinski definition) is 2. The first-order chi connectivity index (χ1) is 14.1. The molecule has 1 saturated carbocycles. The van der Waals surface area contributed by atoms with Crippen LogP contribution in [0.1, 0.15) is 59.3 Å². The van der Waals surface area contributed by atoms with Crippen LogP contribution in [0, 0.1) is 18.7 Å². The van der Waals surface area contributed by atoms with Gasteiger partial charge in [0.2, 0.25) is 0 Å². The van der Waals surface area contributed by atoms with E-state index >= 15 is 0 Å². The molecule has 4 rings (SSSR count). The van der Waals surface area contributed by atoms with Gasteiger partial charge < -0.3 is 9.30 Å². The highest BCUT2D eigenvalue weighted by Crippen LogP contribution is 2.32. The minimum Gasteiger partial charge on any atom is -0.465 e. The number of aromatic nitrogens is 1. The third kappa shape index (κ3) is 4.07. The average Bonchev–Trinajstić information content (AvgIpc) is 2.99. The molecule has 3 aromatic rings. The van der Waals surface area contributed by atoms with Gasteiger partial charge in [0.25, 0.3) is 0 Å². The van der Waals surface area contributed by atoms with E-state index < -0.39 is 0 Å². The lowest BCUT2D eigenvalue weighted by Gasteiger charge is -2.23. The number of nitrogens with zero attached hydrogens (tertiary/aromatic N) is 1. The lowest BCUT2D eigenvalue weighted by atomic mass is 9.89. The second-order valence-electron chi connectivity index (χ2n) is 8.21. The zero-order chi connectivity index (χ0) is 20.4. The molecule has 152 valence electrons. The molecule has 0 unspecified atom stereocenters. The molecule has 0 amide bonds. The van der Waals surface area contributed by atoms with Crippen molar-refractivity contribution < 1.29 is 13.9 Å². The molecule has 29 heavy (non-hydrogen) atoms. The van der Waals surface area contributed by atoms with Gasteiger partial charge in [0, 0.05) is 23.1 Å². The van der Waals surface area contributed by atoms with Crippen LogP contribution in [0.5, 0.6) is 0 Å². The molecule has 1 aromatic heterocycles. The third-order valence-electron chi connectivity index (χ3n) is 6.34. The van der Waals surface area contributed by atoms with Crippen LogP contribution in [0.4, 0.5) is 4.39 Å². The van der Waals surface area contributed by atoms with E-state index in [4.69, 9.17) is 4.74 Å². The van der Waals surface area contributed by atoms with Crippen LogP contribution in [0.15, 0.2) is 42.5 Å². The van der Waals surface area contributed by atoms with Gasteiger partial charge in [-0.1, -0.05) is 31.4 Å². The van der Waals surface area contributed by atoms with E-state index in [0.29, 0.717) is 17.9 Å². The van der Waals surface area contributed by atoms with Crippen LogP contribution in [-0.2, 0) is 17.7 Å². The first kappa shape index (κ1) is 19.7. The minimum atomic E-state index is -0.334. The van der Waals surface area contributed by atoms with Gasteiger partial charge in [-0.05, 0) is 73.6 Å². The first-order valence-corrected chi connectivity index (χ1v) is 10.5. The highest BCUT2D eigenvalue weighted by Gasteiger charge is 2.20. The molecular formula is C25H28FNO2. The van der Waals surface area contributed by atoms with Gasteiger partial charge in [0.05, 0.1) is 12.7 Å². The molecule has 0 radical (unpaired) electrons. The molecule has 0 spiro atoms. The minimum absolute atomic E-state index is 0.199. The number of halogens is 1. The lowest BCUT2D eigenvalue weighted by molar-refractivity contribution is 0.0600. The van der Waals surface area contributed by atoms with Crippen molar-refractivity contribution in [1.82, 2.24) is 4.57 Å². The maximum Gasteiger partial charge on any atom is 0.337 e. The lowest BCUT2D eigenvalue weighted by Crippen LogP contribution is -2.15. The predicted octanol–water partition coefficient (Wildman–Crippen LogP) is 6.05. The zero-order valence-electron chi connectivity index (χ0n) is 17.2. The van der Waals surface area contributed by atoms with Crippen LogP contribution in [0.25, 0.3) is 10.9 Å². The van der Waals surface area contributed by atoms with Gasteiger partial charge >= 0.3 is 5.97 Å². The van der Waals surface area contributed by atoms with Crippen molar-refractivity contribution in [3.05, 3.63) is 70.7 Å². The Balaban J connectivity index is 1.68. The second-order valence-corrected chi connectivity index (χ2v) is 8.21. The van der Waals surface area contributed by atoms with E-state index in [1.165, 1.54) is 50.5 Å². The maximum atomic E-state index is 14.1. The van der Waals surface area contributed by atoms with Crippen molar-refractivity contribution in [3.8, 4) is 0 Å². The molecule has 3 nitrogen and oxygen atoms in total. The molecular weight excluding hydrogens is 365 g/mol. The number of fused-ring (bicyclic) bond motifs is 1. The van der Waals surface area contributed by atoms with Crippen LogP contribution < -0.4 is 0 Å². The van der Waals surface area contributed by atoms with E-state index in [9.17, 15) is 9.18 Å². The normalized spacial score (nSPS) is 15.0. The number of ether oxygens (including phenoxy) is 1. The van der Waals surface area contributed by atoms with E-state index in [2.05, 4.69) is 11.5 Å². The van der Waals surface area contributed by atoms with Gasteiger partial charge in [-0.2, -0.15) is 0 Å². The van der Waals surface area contributed by atoms with E-state index in [1.807, 2.05) is 18.2 Å². The molecule has 0 aliphatic heterocycles. The summed E-state index contributed by atoms with van der Waals surface area (Å²) in [5.41, 5.74) is 5.14. The summed E-state index contributed by atoms with van der Waals surface area (Å²) >= 11 is 0. The number of carbonyl (C=O) groups excluding carboxylic acids is 1. The summed E-state index contributed by atoms with van der Waals surface area (Å²) in [6, 6.07) is 12.6. The molecule has 0 bridgehead atoms. The van der Waals surface area contributed by atoms with Gasteiger partial charge in [-0.3, -0.25) is 0 Å². The van der Waals surface area contributed by atoms with Gasteiger partial charge in [-0.15, -0.1) is 0 Å². The molecule has 1 aliphatic carbocycles. The summed E-state index contributed by atoms with van der Waals surface area (Å²) in [5.74, 6) is 0.170. The number of esters is 1. The van der Waals surface area contributed by atoms with E-state index in [-0.39, 0.29) is 11.8 Å². The van der Waals surface area contributed by atoms with Crippen LogP contribution in [0.3, 0.4) is 0 Å². The van der Waals surface area contributed by atoms with Gasteiger partial charge in [0.1, 0.15) is 5.82 Å². The van der Waals surface area contributed by atoms with Crippen LogP contribution in [0.2, 0.25) is 0 Å². The quantitative estimate of drug-likeness (QED) is 0.494. The third-order valence-corrected chi connectivity index (χ3v) is 6.34. The van der Waals surface area contributed by atoms with E-state index in [1.54, 1.807) is 24.3 Å². The molecule has 0 atom stereocenters. The second kappa shape index (κ2) is 8.40. The predicted molar refractivity (Wildman–Crippen MR) is 114 cm³/mol. The zero-order valence-corrected chi connectivity index (χ0v) is 17.2. The van der Waals surface area contributed by atoms with Crippen LogP contribution >= 0.6 is 0 Å². The fourth-order valence-corrected chi connectivity index (χ4v) is 4.69. The Kier molecular flexibility index (Phi) is 5.70. The monoisotopic (exact) mass is 393 g/mol. The van der Waals surface area contributed by atoms with Crippen molar-refractivity contribution in [2.45, 2.75) is 52.0 Å². The first-order valence-electron chi connectivity index (χ1n) is 10.5. The number of hydrogen-bond donors (Lipinski definition) is 0. The molecule has 4 heteroatoms. The summed E-state index contributed by atoms with van der Waals surface area (Å²) in [6.07, 6.45) is 7.26. The van der Waals surface area contributed by atoms with Crippen molar-refractivity contribution >= 4 is 16.9 Å². The Hall–Kier alpha value is -2.62. The fourth-order valence-electron chi connectivity index (χ4n) is 4.69. The van der Waals surface area contributed by atoms with Crippen molar-refractivity contribution in [3.63, 3.8) is 0 Å².